The fourth-order valence-corrected chi connectivity index (χ4v) is 2.84. The molecule has 3 N–H and O–H groups in total. The molecule has 0 spiro atoms. The van der Waals surface area contributed by atoms with Crippen LogP contribution in [0.25, 0.3) is 11.0 Å². The third-order valence-electron chi connectivity index (χ3n) is 4.01. The van der Waals surface area contributed by atoms with Crippen molar-refractivity contribution in [3.63, 3.8) is 0 Å². The van der Waals surface area contributed by atoms with E-state index in [9.17, 15) is 5.11 Å². The van der Waals surface area contributed by atoms with Gasteiger partial charge in [0.05, 0.1) is 6.04 Å². The number of benzene rings is 1. The highest BCUT2D eigenvalue weighted by molar-refractivity contribution is 5.81. The average Bonchev–Trinajstić information content (AvgIpc) is 3.05. The van der Waals surface area contributed by atoms with Crippen LogP contribution in [-0.4, -0.2) is 20.1 Å². The normalized spacial score (nSPS) is 12.2. The number of aromatic amines is 1. The van der Waals surface area contributed by atoms with Crippen LogP contribution in [0.4, 0.5) is 5.69 Å². The summed E-state index contributed by atoms with van der Waals surface area (Å²) < 4.78 is 0. The zero-order valence-electron chi connectivity index (χ0n) is 12.8. The second kappa shape index (κ2) is 6.04. The number of aromatic nitrogens is 3. The molecule has 1 unspecified atom stereocenters. The van der Waals surface area contributed by atoms with Crippen molar-refractivity contribution in [2.24, 2.45) is 0 Å². The monoisotopic (exact) mass is 316 g/mol. The van der Waals surface area contributed by atoms with Crippen molar-refractivity contribution in [2.45, 2.75) is 6.04 Å². The Morgan fingerprint density at radius 1 is 0.958 bits per heavy atom. The van der Waals surface area contributed by atoms with Crippen molar-refractivity contribution in [2.75, 3.05) is 5.32 Å². The van der Waals surface area contributed by atoms with Crippen molar-refractivity contribution in [1.82, 2.24) is 15.0 Å². The summed E-state index contributed by atoms with van der Waals surface area (Å²) in [4.78, 5) is 11.6. The molecule has 118 valence electrons. The lowest BCUT2D eigenvalue weighted by molar-refractivity contribution is 0.475. The summed E-state index contributed by atoms with van der Waals surface area (Å²) in [5, 5.41) is 14.2. The first-order valence-electron chi connectivity index (χ1n) is 7.69. The standard InChI is InChI=1S/C19H16N4O/c24-15-5-3-13(4-6-15)18(23-14-7-10-20-11-8-14)17-12-22-19-16(17)2-1-9-21-19/h1-12,18,24H,(H,20,23)(H,21,22). The molecule has 1 atom stereocenters. The van der Waals surface area contributed by atoms with Gasteiger partial charge in [0, 0.05) is 41.4 Å². The van der Waals surface area contributed by atoms with E-state index >= 15 is 0 Å². The molecule has 5 nitrogen and oxygen atoms in total. The number of hydrogen-bond acceptors (Lipinski definition) is 4. The lowest BCUT2D eigenvalue weighted by Crippen LogP contribution is -2.12. The van der Waals surface area contributed by atoms with Gasteiger partial charge < -0.3 is 15.4 Å². The molecule has 0 aliphatic rings. The van der Waals surface area contributed by atoms with E-state index in [0.717, 1.165) is 27.8 Å². The maximum Gasteiger partial charge on any atom is 0.137 e. The Hall–Kier alpha value is -3.34. The molecule has 1 aromatic carbocycles. The summed E-state index contributed by atoms with van der Waals surface area (Å²) >= 11 is 0. The van der Waals surface area contributed by atoms with Crippen molar-refractivity contribution >= 4 is 16.7 Å². The Morgan fingerprint density at radius 2 is 1.75 bits per heavy atom. The van der Waals surface area contributed by atoms with Gasteiger partial charge in [-0.2, -0.15) is 0 Å². The molecule has 0 fully saturated rings. The third kappa shape index (κ3) is 2.67. The Bertz CT molecular complexity index is 948. The van der Waals surface area contributed by atoms with Crippen LogP contribution in [0.2, 0.25) is 0 Å². The number of aromatic hydroxyl groups is 1. The fraction of sp³-hybridized carbons (Fsp3) is 0.0526. The van der Waals surface area contributed by atoms with E-state index in [1.165, 1.54) is 0 Å². The summed E-state index contributed by atoms with van der Waals surface area (Å²) in [6.07, 6.45) is 7.26. The molecule has 0 radical (unpaired) electrons. The molecular formula is C19H16N4O. The Labute approximate surface area is 139 Å². The molecule has 0 saturated carbocycles. The van der Waals surface area contributed by atoms with Crippen LogP contribution in [0.3, 0.4) is 0 Å². The highest BCUT2D eigenvalue weighted by Crippen LogP contribution is 2.31. The van der Waals surface area contributed by atoms with E-state index in [1.54, 1.807) is 30.7 Å². The van der Waals surface area contributed by atoms with E-state index in [2.05, 4.69) is 26.3 Å². The van der Waals surface area contributed by atoms with Gasteiger partial charge in [-0.25, -0.2) is 4.98 Å². The number of nitrogens with one attached hydrogen (secondary N) is 2. The summed E-state index contributed by atoms with van der Waals surface area (Å²) in [7, 11) is 0. The number of nitrogens with zero attached hydrogens (tertiary/aromatic N) is 2. The third-order valence-corrected chi connectivity index (χ3v) is 4.01. The molecule has 0 aliphatic carbocycles. The molecular weight excluding hydrogens is 300 g/mol. The van der Waals surface area contributed by atoms with Crippen LogP contribution in [0.1, 0.15) is 17.2 Å². The van der Waals surface area contributed by atoms with Crippen molar-refractivity contribution in [3.05, 3.63) is 84.4 Å². The number of rotatable bonds is 4. The number of fused-ring (bicyclic) bond motifs is 1. The van der Waals surface area contributed by atoms with Crippen LogP contribution < -0.4 is 5.32 Å². The molecule has 5 heteroatoms. The van der Waals surface area contributed by atoms with Crippen LogP contribution in [0.5, 0.6) is 5.75 Å². The molecule has 0 bridgehead atoms. The lowest BCUT2D eigenvalue weighted by Gasteiger charge is -2.20. The van der Waals surface area contributed by atoms with E-state index in [4.69, 9.17) is 0 Å². The van der Waals surface area contributed by atoms with Crippen molar-refractivity contribution in [1.29, 1.82) is 0 Å². The number of pyridine rings is 2. The minimum Gasteiger partial charge on any atom is -0.508 e. The molecule has 4 rings (SSSR count). The van der Waals surface area contributed by atoms with Gasteiger partial charge in [0.1, 0.15) is 11.4 Å². The van der Waals surface area contributed by atoms with Crippen LogP contribution in [0.15, 0.2) is 73.3 Å². The largest absolute Gasteiger partial charge is 0.508 e. The lowest BCUT2D eigenvalue weighted by atomic mass is 9.98. The van der Waals surface area contributed by atoms with Gasteiger partial charge in [-0.15, -0.1) is 0 Å². The highest BCUT2D eigenvalue weighted by Gasteiger charge is 2.18. The van der Waals surface area contributed by atoms with Gasteiger partial charge in [0.15, 0.2) is 0 Å². The van der Waals surface area contributed by atoms with Gasteiger partial charge >= 0.3 is 0 Å². The predicted molar refractivity (Wildman–Crippen MR) is 93.9 cm³/mol. The highest BCUT2D eigenvalue weighted by atomic mass is 16.3. The summed E-state index contributed by atoms with van der Waals surface area (Å²) in [6, 6.07) is 15.0. The second-order valence-electron chi connectivity index (χ2n) is 5.55. The maximum absolute atomic E-state index is 9.59. The molecule has 3 aromatic heterocycles. The summed E-state index contributed by atoms with van der Waals surface area (Å²) in [6.45, 7) is 0. The topological polar surface area (TPSA) is 73.8 Å². The molecule has 3 heterocycles. The van der Waals surface area contributed by atoms with Crippen molar-refractivity contribution in [3.8, 4) is 5.75 Å². The average molecular weight is 316 g/mol. The first kappa shape index (κ1) is 14.3. The first-order valence-corrected chi connectivity index (χ1v) is 7.69. The van der Waals surface area contributed by atoms with E-state index in [0.29, 0.717) is 0 Å². The van der Waals surface area contributed by atoms with Gasteiger partial charge in [-0.1, -0.05) is 12.1 Å². The summed E-state index contributed by atoms with van der Waals surface area (Å²) in [5.74, 6) is 0.252. The number of phenols is 1. The van der Waals surface area contributed by atoms with E-state index in [1.807, 2.05) is 36.5 Å². The molecule has 0 saturated heterocycles. The van der Waals surface area contributed by atoms with Crippen LogP contribution in [-0.2, 0) is 0 Å². The first-order chi connectivity index (χ1) is 11.8. The Kier molecular flexibility index (Phi) is 3.59. The zero-order chi connectivity index (χ0) is 16.4. The molecule has 0 amide bonds. The quantitative estimate of drug-likeness (QED) is 0.534. The summed E-state index contributed by atoms with van der Waals surface area (Å²) in [5.41, 5.74) is 3.98. The number of anilines is 1. The minimum absolute atomic E-state index is 0.0778. The second-order valence-corrected chi connectivity index (χ2v) is 5.55. The molecule has 0 aliphatic heterocycles. The van der Waals surface area contributed by atoms with Crippen molar-refractivity contribution < 1.29 is 5.11 Å². The van der Waals surface area contributed by atoms with E-state index < -0.39 is 0 Å². The minimum atomic E-state index is -0.0778. The Morgan fingerprint density at radius 3 is 2.54 bits per heavy atom. The van der Waals surface area contributed by atoms with Gasteiger partial charge in [-0.05, 0) is 42.0 Å². The number of H-pyrrole nitrogens is 1. The predicted octanol–water partition coefficient (Wildman–Crippen LogP) is 3.87. The van der Waals surface area contributed by atoms with Gasteiger partial charge in [-0.3, -0.25) is 4.98 Å². The van der Waals surface area contributed by atoms with Crippen LogP contribution >= 0.6 is 0 Å². The van der Waals surface area contributed by atoms with Gasteiger partial charge in [0.25, 0.3) is 0 Å². The van der Waals surface area contributed by atoms with Crippen LogP contribution in [0, 0.1) is 0 Å². The molecule has 4 aromatic rings. The number of phenolic OH excluding ortho intramolecular Hbond substituents is 1. The Balaban J connectivity index is 1.82. The maximum atomic E-state index is 9.59. The van der Waals surface area contributed by atoms with Gasteiger partial charge in [0.2, 0.25) is 0 Å². The number of hydrogen-bond donors (Lipinski definition) is 3. The molecule has 24 heavy (non-hydrogen) atoms. The fourth-order valence-electron chi connectivity index (χ4n) is 2.84. The smallest absolute Gasteiger partial charge is 0.137 e. The SMILES string of the molecule is Oc1ccc(C(Nc2ccncc2)c2c[nH]c3ncccc23)cc1. The van der Waals surface area contributed by atoms with E-state index in [-0.39, 0.29) is 11.8 Å². The zero-order valence-corrected chi connectivity index (χ0v) is 12.8.